The zero-order valence-electron chi connectivity index (χ0n) is 12.8. The van der Waals surface area contributed by atoms with Gasteiger partial charge >= 0.3 is 0 Å². The summed E-state index contributed by atoms with van der Waals surface area (Å²) in [5, 5.41) is 4.58. The molecular formula is C17H19ClN2O2. The third-order valence-electron chi connectivity index (χ3n) is 4.27. The molecule has 2 atom stereocenters. The molecule has 1 amide bonds. The van der Waals surface area contributed by atoms with Crippen LogP contribution < -0.4 is 0 Å². The minimum atomic E-state index is -0.0586. The molecule has 0 spiro atoms. The van der Waals surface area contributed by atoms with E-state index in [0.717, 1.165) is 18.4 Å². The lowest BCUT2D eigenvalue weighted by Gasteiger charge is -2.38. The van der Waals surface area contributed by atoms with E-state index in [1.165, 1.54) is 6.42 Å². The molecule has 1 aromatic carbocycles. The molecule has 116 valence electrons. The molecule has 1 aliphatic rings. The van der Waals surface area contributed by atoms with Crippen LogP contribution in [-0.4, -0.2) is 28.0 Å². The number of nitrogens with zero attached hydrogens (tertiary/aromatic N) is 2. The van der Waals surface area contributed by atoms with Gasteiger partial charge < -0.3 is 9.42 Å². The first kappa shape index (κ1) is 15.1. The van der Waals surface area contributed by atoms with Gasteiger partial charge in [0.1, 0.15) is 0 Å². The van der Waals surface area contributed by atoms with Gasteiger partial charge in [0.2, 0.25) is 0 Å². The van der Waals surface area contributed by atoms with Gasteiger partial charge in [-0.3, -0.25) is 4.79 Å². The number of hydrogen-bond acceptors (Lipinski definition) is 3. The molecule has 1 aromatic heterocycles. The summed E-state index contributed by atoms with van der Waals surface area (Å²) < 4.78 is 5.33. The average Bonchev–Trinajstić information content (AvgIpc) is 2.97. The van der Waals surface area contributed by atoms with E-state index in [4.69, 9.17) is 16.1 Å². The van der Waals surface area contributed by atoms with E-state index < -0.39 is 0 Å². The normalized spacial score (nSPS) is 21.9. The molecule has 0 radical (unpaired) electrons. The molecule has 2 aromatic rings. The number of rotatable bonds is 2. The Morgan fingerprint density at radius 2 is 2.00 bits per heavy atom. The van der Waals surface area contributed by atoms with Gasteiger partial charge in [-0.05, 0) is 45.2 Å². The minimum absolute atomic E-state index is 0.0586. The summed E-state index contributed by atoms with van der Waals surface area (Å²) in [5.74, 6) is 0.500. The highest BCUT2D eigenvalue weighted by Crippen LogP contribution is 2.27. The van der Waals surface area contributed by atoms with Gasteiger partial charge in [-0.15, -0.1) is 0 Å². The topological polar surface area (TPSA) is 46.3 Å². The summed E-state index contributed by atoms with van der Waals surface area (Å²) in [5.41, 5.74) is 1.18. The van der Waals surface area contributed by atoms with Crippen molar-refractivity contribution in [3.05, 3.63) is 41.0 Å². The Bertz CT molecular complexity index is 673. The quantitative estimate of drug-likeness (QED) is 0.824. The van der Waals surface area contributed by atoms with E-state index in [2.05, 4.69) is 19.0 Å². The summed E-state index contributed by atoms with van der Waals surface area (Å²) in [6, 6.07) is 9.49. The third kappa shape index (κ3) is 2.88. The zero-order valence-corrected chi connectivity index (χ0v) is 13.5. The first-order valence-electron chi connectivity index (χ1n) is 7.61. The largest absolute Gasteiger partial charge is 0.355 e. The molecule has 0 saturated carbocycles. The maximum absolute atomic E-state index is 12.7. The maximum atomic E-state index is 12.7. The molecule has 1 saturated heterocycles. The van der Waals surface area contributed by atoms with Gasteiger partial charge in [-0.1, -0.05) is 28.9 Å². The molecule has 0 bridgehead atoms. The van der Waals surface area contributed by atoms with Crippen LogP contribution in [0.1, 0.15) is 43.6 Å². The predicted molar refractivity (Wildman–Crippen MR) is 85.9 cm³/mol. The number of likely N-dealkylation sites (tertiary alicyclic amines) is 1. The second kappa shape index (κ2) is 6.13. The van der Waals surface area contributed by atoms with Crippen molar-refractivity contribution in [2.75, 3.05) is 0 Å². The molecule has 4 nitrogen and oxygen atoms in total. The highest BCUT2D eigenvalue weighted by Gasteiger charge is 2.31. The van der Waals surface area contributed by atoms with Crippen LogP contribution in [0.25, 0.3) is 11.3 Å². The van der Waals surface area contributed by atoms with Crippen LogP contribution in [0.2, 0.25) is 5.02 Å². The fraction of sp³-hybridized carbons (Fsp3) is 0.412. The number of piperidine rings is 1. The zero-order chi connectivity index (χ0) is 15.7. The van der Waals surface area contributed by atoms with Crippen molar-refractivity contribution in [2.24, 2.45) is 0 Å². The Morgan fingerprint density at radius 3 is 2.68 bits per heavy atom. The molecule has 5 heteroatoms. The Morgan fingerprint density at radius 1 is 1.27 bits per heavy atom. The number of halogens is 1. The van der Waals surface area contributed by atoms with Gasteiger partial charge in [-0.2, -0.15) is 0 Å². The third-order valence-corrected chi connectivity index (χ3v) is 4.50. The molecule has 0 N–H and O–H groups in total. The van der Waals surface area contributed by atoms with Crippen molar-refractivity contribution in [3.8, 4) is 11.3 Å². The van der Waals surface area contributed by atoms with Crippen LogP contribution in [0.3, 0.4) is 0 Å². The van der Waals surface area contributed by atoms with Crippen LogP contribution in [0, 0.1) is 0 Å². The summed E-state index contributed by atoms with van der Waals surface area (Å²) in [6.07, 6.45) is 3.24. The van der Waals surface area contributed by atoms with Crippen molar-refractivity contribution in [2.45, 2.75) is 45.2 Å². The molecule has 2 heterocycles. The monoisotopic (exact) mass is 318 g/mol. The van der Waals surface area contributed by atoms with E-state index in [9.17, 15) is 4.79 Å². The van der Waals surface area contributed by atoms with E-state index in [-0.39, 0.29) is 18.0 Å². The fourth-order valence-corrected chi connectivity index (χ4v) is 3.30. The van der Waals surface area contributed by atoms with Crippen molar-refractivity contribution >= 4 is 17.5 Å². The predicted octanol–water partition coefficient (Wildman–Crippen LogP) is 4.40. The highest BCUT2D eigenvalue weighted by atomic mass is 35.5. The smallest absolute Gasteiger partial charge is 0.276 e. The van der Waals surface area contributed by atoms with Crippen LogP contribution in [0.4, 0.5) is 0 Å². The van der Waals surface area contributed by atoms with Gasteiger partial charge in [-0.25, -0.2) is 0 Å². The van der Waals surface area contributed by atoms with Crippen molar-refractivity contribution in [1.29, 1.82) is 0 Å². The Labute approximate surface area is 135 Å². The standard InChI is InChI=1S/C17H19ClN2O2/c1-11-5-3-6-12(2)20(11)17(21)15-10-16(22-19-15)13-7-4-8-14(18)9-13/h4,7-12H,3,5-6H2,1-2H3/t11-,12+. The van der Waals surface area contributed by atoms with Gasteiger partial charge in [0, 0.05) is 28.7 Å². The summed E-state index contributed by atoms with van der Waals surface area (Å²) in [4.78, 5) is 14.6. The second-order valence-electron chi connectivity index (χ2n) is 5.93. The van der Waals surface area contributed by atoms with E-state index in [1.54, 1.807) is 18.2 Å². The number of carbonyl (C=O) groups is 1. The van der Waals surface area contributed by atoms with Crippen LogP contribution in [0.5, 0.6) is 0 Å². The molecule has 0 aliphatic carbocycles. The summed E-state index contributed by atoms with van der Waals surface area (Å²) >= 11 is 5.99. The van der Waals surface area contributed by atoms with Crippen molar-refractivity contribution in [3.63, 3.8) is 0 Å². The molecule has 3 rings (SSSR count). The summed E-state index contributed by atoms with van der Waals surface area (Å²) in [7, 11) is 0. The minimum Gasteiger partial charge on any atom is -0.355 e. The molecule has 1 fully saturated rings. The summed E-state index contributed by atoms with van der Waals surface area (Å²) in [6.45, 7) is 4.18. The number of amides is 1. The molecule has 1 aliphatic heterocycles. The lowest BCUT2D eigenvalue weighted by atomic mass is 9.97. The number of aromatic nitrogens is 1. The second-order valence-corrected chi connectivity index (χ2v) is 6.36. The van der Waals surface area contributed by atoms with Crippen molar-refractivity contribution in [1.82, 2.24) is 10.1 Å². The Kier molecular flexibility index (Phi) is 4.21. The van der Waals surface area contributed by atoms with Crippen LogP contribution in [0.15, 0.2) is 34.9 Å². The Balaban J connectivity index is 1.85. The fourth-order valence-electron chi connectivity index (χ4n) is 3.11. The maximum Gasteiger partial charge on any atom is 0.276 e. The van der Waals surface area contributed by atoms with E-state index in [0.29, 0.717) is 16.5 Å². The first-order chi connectivity index (χ1) is 10.6. The number of benzene rings is 1. The molecular weight excluding hydrogens is 300 g/mol. The highest BCUT2D eigenvalue weighted by molar-refractivity contribution is 6.30. The van der Waals surface area contributed by atoms with Gasteiger partial charge in [0.25, 0.3) is 5.91 Å². The first-order valence-corrected chi connectivity index (χ1v) is 7.99. The lowest BCUT2D eigenvalue weighted by Crippen LogP contribution is -2.47. The van der Waals surface area contributed by atoms with Crippen LogP contribution >= 0.6 is 11.6 Å². The Hall–Kier alpha value is -1.81. The SMILES string of the molecule is C[C@@H]1CCC[C@H](C)N1C(=O)c1cc(-c2cccc(Cl)c2)on1. The van der Waals surface area contributed by atoms with E-state index in [1.807, 2.05) is 17.0 Å². The van der Waals surface area contributed by atoms with Crippen molar-refractivity contribution < 1.29 is 9.32 Å². The molecule has 0 unspecified atom stereocenters. The average molecular weight is 319 g/mol. The number of carbonyl (C=O) groups excluding carboxylic acids is 1. The number of hydrogen-bond donors (Lipinski definition) is 0. The van der Waals surface area contributed by atoms with E-state index >= 15 is 0 Å². The van der Waals surface area contributed by atoms with Gasteiger partial charge in [0.15, 0.2) is 11.5 Å². The van der Waals surface area contributed by atoms with Gasteiger partial charge in [0.05, 0.1) is 0 Å². The lowest BCUT2D eigenvalue weighted by molar-refractivity contribution is 0.0500. The van der Waals surface area contributed by atoms with Crippen LogP contribution in [-0.2, 0) is 0 Å². The molecule has 22 heavy (non-hydrogen) atoms.